The van der Waals surface area contributed by atoms with Gasteiger partial charge in [0.25, 0.3) is 5.91 Å². The van der Waals surface area contributed by atoms with Crippen LogP contribution in [0.2, 0.25) is 0 Å². The quantitative estimate of drug-likeness (QED) is 0.590. The van der Waals surface area contributed by atoms with Crippen molar-refractivity contribution in [2.75, 3.05) is 0 Å². The predicted octanol–water partition coefficient (Wildman–Crippen LogP) is 3.90. The summed E-state index contributed by atoms with van der Waals surface area (Å²) in [6.07, 6.45) is 3.60. The van der Waals surface area contributed by atoms with Gasteiger partial charge in [-0.2, -0.15) is 5.10 Å². The van der Waals surface area contributed by atoms with E-state index in [1.54, 1.807) is 10.9 Å². The first-order chi connectivity index (χ1) is 12.6. The zero-order valence-electron chi connectivity index (χ0n) is 14.8. The van der Waals surface area contributed by atoms with Crippen LogP contribution in [0.4, 0.5) is 0 Å². The van der Waals surface area contributed by atoms with Crippen molar-refractivity contribution in [1.29, 1.82) is 0 Å². The summed E-state index contributed by atoms with van der Waals surface area (Å²) in [4.78, 5) is 15.8. The van der Waals surface area contributed by atoms with Crippen LogP contribution >= 0.6 is 0 Å². The van der Waals surface area contributed by atoms with E-state index in [0.29, 0.717) is 12.1 Å². The zero-order valence-corrected chi connectivity index (χ0v) is 14.8. The summed E-state index contributed by atoms with van der Waals surface area (Å²) in [7, 11) is 0. The van der Waals surface area contributed by atoms with E-state index >= 15 is 0 Å². The third-order valence-electron chi connectivity index (χ3n) is 4.72. The maximum atomic E-state index is 12.4. The van der Waals surface area contributed by atoms with Crippen LogP contribution in [0.25, 0.3) is 16.6 Å². The Kier molecular flexibility index (Phi) is 4.05. The lowest BCUT2D eigenvalue weighted by molar-refractivity contribution is 0.0951. The molecule has 0 fully saturated rings. The van der Waals surface area contributed by atoms with Gasteiger partial charge in [0, 0.05) is 41.1 Å². The molecule has 5 nitrogen and oxygen atoms in total. The maximum Gasteiger partial charge on any atom is 0.251 e. The molecule has 0 aliphatic carbocycles. The largest absolute Gasteiger partial charge is 0.358 e. The molecule has 0 radical (unpaired) electrons. The van der Waals surface area contributed by atoms with Crippen molar-refractivity contribution in [2.24, 2.45) is 0 Å². The highest BCUT2D eigenvalue weighted by Gasteiger charge is 2.08. The predicted molar refractivity (Wildman–Crippen MR) is 103 cm³/mol. The lowest BCUT2D eigenvalue weighted by Crippen LogP contribution is -2.22. The van der Waals surface area contributed by atoms with E-state index in [9.17, 15) is 4.79 Å². The average Bonchev–Trinajstić information content (AvgIpc) is 3.29. The van der Waals surface area contributed by atoms with Crippen LogP contribution in [-0.4, -0.2) is 20.7 Å². The average molecular weight is 344 g/mol. The van der Waals surface area contributed by atoms with Crippen molar-refractivity contribution >= 4 is 16.8 Å². The molecule has 0 aliphatic heterocycles. The van der Waals surface area contributed by atoms with Gasteiger partial charge in [0.1, 0.15) is 0 Å². The van der Waals surface area contributed by atoms with Gasteiger partial charge in [-0.15, -0.1) is 0 Å². The number of nitrogens with zero attached hydrogens (tertiary/aromatic N) is 2. The second-order valence-corrected chi connectivity index (χ2v) is 6.44. The van der Waals surface area contributed by atoms with Gasteiger partial charge in [0.05, 0.1) is 5.69 Å². The summed E-state index contributed by atoms with van der Waals surface area (Å²) < 4.78 is 1.76. The Balaban J connectivity index is 1.46. The maximum absolute atomic E-state index is 12.4. The molecule has 4 rings (SSSR count). The molecular formula is C21H20N4O. The first-order valence-electron chi connectivity index (χ1n) is 8.58. The molecule has 26 heavy (non-hydrogen) atoms. The number of fused-ring (bicyclic) bond motifs is 1. The van der Waals surface area contributed by atoms with Crippen LogP contribution in [0.15, 0.2) is 60.9 Å². The number of carbonyl (C=O) groups excluding carboxylic acids is 1. The van der Waals surface area contributed by atoms with Crippen molar-refractivity contribution in [3.63, 3.8) is 0 Å². The number of rotatable bonds is 4. The Morgan fingerprint density at radius 1 is 1.15 bits per heavy atom. The highest BCUT2D eigenvalue weighted by molar-refractivity contribution is 5.94. The first kappa shape index (κ1) is 16.1. The van der Waals surface area contributed by atoms with Crippen LogP contribution in [0.5, 0.6) is 0 Å². The Labute approximate surface area is 151 Å². The van der Waals surface area contributed by atoms with Gasteiger partial charge in [0.2, 0.25) is 0 Å². The Hall–Kier alpha value is -3.34. The number of aryl methyl sites for hydroxylation is 2. The summed E-state index contributed by atoms with van der Waals surface area (Å²) in [5, 5.41) is 8.38. The van der Waals surface area contributed by atoms with Gasteiger partial charge in [-0.25, -0.2) is 4.68 Å². The summed E-state index contributed by atoms with van der Waals surface area (Å²) in [6.45, 7) is 4.68. The fraction of sp³-hybridized carbons (Fsp3) is 0.143. The lowest BCUT2D eigenvalue weighted by Gasteiger charge is -2.07. The molecule has 130 valence electrons. The summed E-state index contributed by atoms with van der Waals surface area (Å²) >= 11 is 0. The van der Waals surface area contributed by atoms with Gasteiger partial charge in [-0.05, 0) is 67.4 Å². The van der Waals surface area contributed by atoms with Crippen molar-refractivity contribution in [2.45, 2.75) is 20.4 Å². The molecule has 0 spiro atoms. The number of nitrogens with one attached hydrogen (secondary N) is 2. The number of aromatic amines is 1. The standard InChI is InChI=1S/C21H20N4O/c1-14-15(2)24-20-9-4-16(12-19(14)20)13-22-21(26)17-5-7-18(8-6-17)25-11-3-10-23-25/h3-12,24H,13H2,1-2H3,(H,22,26). The highest BCUT2D eigenvalue weighted by atomic mass is 16.1. The Morgan fingerprint density at radius 3 is 2.69 bits per heavy atom. The van der Waals surface area contributed by atoms with Crippen LogP contribution < -0.4 is 5.32 Å². The van der Waals surface area contributed by atoms with Crippen LogP contribution in [-0.2, 0) is 6.54 Å². The van der Waals surface area contributed by atoms with Crippen molar-refractivity contribution in [3.8, 4) is 5.69 Å². The number of aromatic nitrogens is 3. The van der Waals surface area contributed by atoms with Crippen LogP contribution in [0.3, 0.4) is 0 Å². The minimum Gasteiger partial charge on any atom is -0.358 e. The first-order valence-corrected chi connectivity index (χ1v) is 8.58. The van der Waals surface area contributed by atoms with E-state index < -0.39 is 0 Å². The fourth-order valence-corrected chi connectivity index (χ4v) is 3.09. The van der Waals surface area contributed by atoms with E-state index in [0.717, 1.165) is 16.8 Å². The molecule has 4 aromatic rings. The molecule has 5 heteroatoms. The number of H-pyrrole nitrogens is 1. The van der Waals surface area contributed by atoms with Gasteiger partial charge in [-0.1, -0.05) is 6.07 Å². The molecular weight excluding hydrogens is 324 g/mol. The number of hydrogen-bond donors (Lipinski definition) is 2. The van der Waals surface area contributed by atoms with Gasteiger partial charge in [-0.3, -0.25) is 4.79 Å². The molecule has 0 saturated carbocycles. The lowest BCUT2D eigenvalue weighted by atomic mass is 10.1. The molecule has 2 aromatic carbocycles. The summed E-state index contributed by atoms with van der Waals surface area (Å²) in [6, 6.07) is 15.5. The Bertz CT molecular complexity index is 1060. The minimum atomic E-state index is -0.0842. The number of amides is 1. The topological polar surface area (TPSA) is 62.7 Å². The third kappa shape index (κ3) is 2.99. The van der Waals surface area contributed by atoms with E-state index in [2.05, 4.69) is 41.4 Å². The number of hydrogen-bond acceptors (Lipinski definition) is 2. The van der Waals surface area contributed by atoms with Crippen molar-refractivity contribution in [1.82, 2.24) is 20.1 Å². The molecule has 1 amide bonds. The second-order valence-electron chi connectivity index (χ2n) is 6.44. The molecule has 0 saturated heterocycles. The minimum absolute atomic E-state index is 0.0842. The smallest absolute Gasteiger partial charge is 0.251 e. The fourth-order valence-electron chi connectivity index (χ4n) is 3.09. The Morgan fingerprint density at radius 2 is 1.96 bits per heavy atom. The van der Waals surface area contributed by atoms with E-state index in [1.807, 2.05) is 42.6 Å². The van der Waals surface area contributed by atoms with Crippen molar-refractivity contribution < 1.29 is 4.79 Å². The van der Waals surface area contributed by atoms with Gasteiger partial charge < -0.3 is 10.3 Å². The third-order valence-corrected chi connectivity index (χ3v) is 4.72. The second kappa shape index (κ2) is 6.52. The monoisotopic (exact) mass is 344 g/mol. The molecule has 2 heterocycles. The SMILES string of the molecule is Cc1[nH]c2ccc(CNC(=O)c3ccc(-n4cccn4)cc3)cc2c1C. The van der Waals surface area contributed by atoms with E-state index in [1.165, 1.54) is 16.6 Å². The molecule has 0 aliphatic rings. The molecule has 0 unspecified atom stereocenters. The highest BCUT2D eigenvalue weighted by Crippen LogP contribution is 2.22. The van der Waals surface area contributed by atoms with Crippen LogP contribution in [0.1, 0.15) is 27.2 Å². The van der Waals surface area contributed by atoms with E-state index in [4.69, 9.17) is 0 Å². The summed E-state index contributed by atoms with van der Waals surface area (Å²) in [5.74, 6) is -0.0842. The molecule has 0 atom stereocenters. The van der Waals surface area contributed by atoms with Crippen molar-refractivity contribution in [3.05, 3.63) is 83.3 Å². The molecule has 0 bridgehead atoms. The van der Waals surface area contributed by atoms with Crippen LogP contribution in [0, 0.1) is 13.8 Å². The zero-order chi connectivity index (χ0) is 18.1. The molecule has 2 N–H and O–H groups in total. The number of benzene rings is 2. The normalized spacial score (nSPS) is 11.0. The number of carbonyl (C=O) groups is 1. The van der Waals surface area contributed by atoms with E-state index in [-0.39, 0.29) is 5.91 Å². The molecule has 2 aromatic heterocycles. The van der Waals surface area contributed by atoms with Gasteiger partial charge >= 0.3 is 0 Å². The van der Waals surface area contributed by atoms with Gasteiger partial charge in [0.15, 0.2) is 0 Å². The summed E-state index contributed by atoms with van der Waals surface area (Å²) in [5.41, 5.74) is 6.21.